The molecule has 26 heavy (non-hydrogen) atoms. The summed E-state index contributed by atoms with van der Waals surface area (Å²) in [6.07, 6.45) is 0. The van der Waals surface area contributed by atoms with Gasteiger partial charge in [0, 0.05) is 15.6 Å². The average Bonchev–Trinajstić information content (AvgIpc) is 2.66. The Labute approximate surface area is 159 Å². The highest BCUT2D eigenvalue weighted by Gasteiger charge is 2.12. The molecular formula is C20H17BrN2O3. The van der Waals surface area contributed by atoms with Crippen molar-refractivity contribution in [1.82, 2.24) is 10.8 Å². The Kier molecular flexibility index (Phi) is 5.35. The second kappa shape index (κ2) is 7.68. The third kappa shape index (κ3) is 3.92. The molecule has 2 amide bonds. The van der Waals surface area contributed by atoms with Crippen molar-refractivity contribution in [3.63, 3.8) is 0 Å². The normalized spacial score (nSPS) is 11.8. The van der Waals surface area contributed by atoms with Gasteiger partial charge in [-0.25, -0.2) is 5.48 Å². The molecule has 0 radical (unpaired) electrons. The SMILES string of the molecule is CC(NC(=O)c1ccc2cc(C(=O)NO)ccc2c1)c1ccc(Br)cc1. The Morgan fingerprint density at radius 2 is 1.42 bits per heavy atom. The van der Waals surface area contributed by atoms with Gasteiger partial charge in [0.2, 0.25) is 0 Å². The Hall–Kier alpha value is -2.70. The van der Waals surface area contributed by atoms with Crippen molar-refractivity contribution in [1.29, 1.82) is 0 Å². The van der Waals surface area contributed by atoms with Gasteiger partial charge in [-0.05, 0) is 59.7 Å². The fourth-order valence-corrected chi connectivity index (χ4v) is 2.97. The van der Waals surface area contributed by atoms with E-state index in [1.165, 1.54) is 0 Å². The molecule has 5 nitrogen and oxygen atoms in total. The third-order valence-corrected chi connectivity index (χ3v) is 4.71. The average molecular weight is 413 g/mol. The first-order valence-corrected chi connectivity index (χ1v) is 8.82. The van der Waals surface area contributed by atoms with Crippen LogP contribution < -0.4 is 10.8 Å². The number of benzene rings is 3. The minimum atomic E-state index is -0.572. The molecule has 0 heterocycles. The van der Waals surface area contributed by atoms with E-state index in [1.54, 1.807) is 41.9 Å². The van der Waals surface area contributed by atoms with Crippen LogP contribution in [0, 0.1) is 0 Å². The van der Waals surface area contributed by atoms with Crippen LogP contribution in [0.4, 0.5) is 0 Å². The molecule has 0 fully saturated rings. The van der Waals surface area contributed by atoms with Crippen LogP contribution in [0.3, 0.4) is 0 Å². The first-order chi connectivity index (χ1) is 12.5. The Morgan fingerprint density at radius 3 is 1.96 bits per heavy atom. The van der Waals surface area contributed by atoms with Crippen molar-refractivity contribution >= 4 is 38.5 Å². The summed E-state index contributed by atoms with van der Waals surface area (Å²) in [5, 5.41) is 13.3. The van der Waals surface area contributed by atoms with Crippen LogP contribution in [0.2, 0.25) is 0 Å². The lowest BCUT2D eigenvalue weighted by atomic mass is 10.0. The summed E-state index contributed by atoms with van der Waals surface area (Å²) in [6, 6.07) is 18.0. The van der Waals surface area contributed by atoms with E-state index in [1.807, 2.05) is 31.2 Å². The van der Waals surface area contributed by atoms with Crippen molar-refractivity contribution in [2.24, 2.45) is 0 Å². The van der Waals surface area contributed by atoms with Crippen LogP contribution in [0.15, 0.2) is 65.1 Å². The van der Waals surface area contributed by atoms with E-state index >= 15 is 0 Å². The Morgan fingerprint density at radius 1 is 0.885 bits per heavy atom. The second-order valence-electron chi connectivity index (χ2n) is 5.96. The van der Waals surface area contributed by atoms with Gasteiger partial charge in [0.1, 0.15) is 0 Å². The zero-order valence-corrected chi connectivity index (χ0v) is 15.6. The lowest BCUT2D eigenvalue weighted by molar-refractivity contribution is 0.0706. The van der Waals surface area contributed by atoms with E-state index in [0.717, 1.165) is 20.8 Å². The van der Waals surface area contributed by atoms with Crippen LogP contribution in [0.1, 0.15) is 39.2 Å². The molecule has 0 aliphatic heterocycles. The topological polar surface area (TPSA) is 78.4 Å². The maximum atomic E-state index is 12.5. The van der Waals surface area contributed by atoms with Crippen molar-refractivity contribution in [2.45, 2.75) is 13.0 Å². The van der Waals surface area contributed by atoms with Gasteiger partial charge in [0.05, 0.1) is 6.04 Å². The highest BCUT2D eigenvalue weighted by atomic mass is 79.9. The number of carbonyl (C=O) groups excluding carboxylic acids is 2. The van der Waals surface area contributed by atoms with Crippen molar-refractivity contribution in [3.8, 4) is 0 Å². The van der Waals surface area contributed by atoms with Crippen molar-refractivity contribution in [2.75, 3.05) is 0 Å². The molecule has 6 heteroatoms. The largest absolute Gasteiger partial charge is 0.346 e. The summed E-state index contributed by atoms with van der Waals surface area (Å²) in [4.78, 5) is 24.0. The lowest BCUT2D eigenvalue weighted by Crippen LogP contribution is -2.26. The molecule has 3 N–H and O–H groups in total. The van der Waals surface area contributed by atoms with Gasteiger partial charge in [-0.15, -0.1) is 0 Å². The number of nitrogens with one attached hydrogen (secondary N) is 2. The van der Waals surface area contributed by atoms with Gasteiger partial charge in [-0.2, -0.15) is 0 Å². The predicted octanol–water partition coefficient (Wildman–Crippen LogP) is 4.21. The fourth-order valence-electron chi connectivity index (χ4n) is 2.71. The predicted molar refractivity (Wildman–Crippen MR) is 103 cm³/mol. The van der Waals surface area contributed by atoms with E-state index < -0.39 is 5.91 Å². The molecule has 0 spiro atoms. The zero-order valence-electron chi connectivity index (χ0n) is 14.0. The van der Waals surface area contributed by atoms with E-state index in [9.17, 15) is 9.59 Å². The van der Waals surface area contributed by atoms with Crippen LogP contribution in [-0.4, -0.2) is 17.0 Å². The number of amides is 2. The van der Waals surface area contributed by atoms with Crippen LogP contribution in [0.5, 0.6) is 0 Å². The summed E-state index contributed by atoms with van der Waals surface area (Å²) < 4.78 is 0.989. The lowest BCUT2D eigenvalue weighted by Gasteiger charge is -2.15. The Bertz CT molecular complexity index is 970. The van der Waals surface area contributed by atoms with Gasteiger partial charge < -0.3 is 5.32 Å². The van der Waals surface area contributed by atoms with Crippen LogP contribution in [0.25, 0.3) is 10.8 Å². The fraction of sp³-hybridized carbons (Fsp3) is 0.100. The zero-order chi connectivity index (χ0) is 18.7. The van der Waals surface area contributed by atoms with Crippen molar-refractivity contribution < 1.29 is 14.8 Å². The molecule has 1 atom stereocenters. The summed E-state index contributed by atoms with van der Waals surface area (Å²) >= 11 is 3.40. The summed E-state index contributed by atoms with van der Waals surface area (Å²) in [7, 11) is 0. The molecule has 0 saturated carbocycles. The minimum Gasteiger partial charge on any atom is -0.346 e. The van der Waals surface area contributed by atoms with Gasteiger partial charge in [-0.3, -0.25) is 14.8 Å². The Balaban J connectivity index is 1.79. The second-order valence-corrected chi connectivity index (χ2v) is 6.88. The van der Waals surface area contributed by atoms with E-state index in [-0.39, 0.29) is 11.9 Å². The van der Waals surface area contributed by atoms with E-state index in [4.69, 9.17) is 5.21 Å². The third-order valence-electron chi connectivity index (χ3n) is 4.18. The number of carbonyl (C=O) groups is 2. The smallest absolute Gasteiger partial charge is 0.274 e. The first-order valence-electron chi connectivity index (χ1n) is 8.02. The van der Waals surface area contributed by atoms with Gasteiger partial charge in [0.25, 0.3) is 11.8 Å². The molecule has 0 aromatic heterocycles. The summed E-state index contributed by atoms with van der Waals surface area (Å²) in [5.41, 5.74) is 3.52. The molecule has 0 bridgehead atoms. The van der Waals surface area contributed by atoms with Gasteiger partial charge >= 0.3 is 0 Å². The standard InChI is InChI=1S/C20H17BrN2O3/c1-12(13-6-8-18(21)9-7-13)22-19(24)16-4-2-15-11-17(20(25)23-26)5-3-14(15)10-16/h2-12,26H,1H3,(H,22,24)(H,23,25). The molecule has 3 rings (SSSR count). The van der Waals surface area contributed by atoms with Gasteiger partial charge in [0.15, 0.2) is 0 Å². The highest BCUT2D eigenvalue weighted by Crippen LogP contribution is 2.20. The highest BCUT2D eigenvalue weighted by molar-refractivity contribution is 9.10. The van der Waals surface area contributed by atoms with Gasteiger partial charge in [-0.1, -0.05) is 40.2 Å². The number of hydrogen-bond acceptors (Lipinski definition) is 3. The molecule has 1 unspecified atom stereocenters. The number of fused-ring (bicyclic) bond motifs is 1. The summed E-state index contributed by atoms with van der Waals surface area (Å²) in [5.74, 6) is -0.739. The van der Waals surface area contributed by atoms with Crippen LogP contribution >= 0.6 is 15.9 Å². The molecule has 0 aliphatic carbocycles. The number of rotatable bonds is 4. The molecule has 132 valence electrons. The quantitative estimate of drug-likeness (QED) is 0.443. The summed E-state index contributed by atoms with van der Waals surface area (Å²) in [6.45, 7) is 1.93. The number of hydroxylamine groups is 1. The molecule has 3 aromatic carbocycles. The molecule has 3 aromatic rings. The maximum absolute atomic E-state index is 12.5. The van der Waals surface area contributed by atoms with Crippen molar-refractivity contribution in [3.05, 3.63) is 81.8 Å². The van der Waals surface area contributed by atoms with Crippen LogP contribution in [-0.2, 0) is 0 Å². The first kappa shape index (κ1) is 18.1. The number of hydrogen-bond donors (Lipinski definition) is 3. The monoisotopic (exact) mass is 412 g/mol. The van der Waals surface area contributed by atoms with E-state index in [0.29, 0.717) is 11.1 Å². The molecular weight excluding hydrogens is 396 g/mol. The maximum Gasteiger partial charge on any atom is 0.274 e. The number of halogens is 1. The molecule has 0 saturated heterocycles. The molecule has 0 aliphatic rings. The minimum absolute atomic E-state index is 0.123. The van der Waals surface area contributed by atoms with E-state index in [2.05, 4.69) is 21.2 Å².